The summed E-state index contributed by atoms with van der Waals surface area (Å²) >= 11 is 1.80. The second-order valence-electron chi connectivity index (χ2n) is 6.80. The third-order valence-electron chi connectivity index (χ3n) is 4.93. The molecule has 4 heterocycles. The average molecular weight is 378 g/mol. The van der Waals surface area contributed by atoms with Crippen molar-refractivity contribution in [3.63, 3.8) is 0 Å². The number of ether oxygens (including phenoxy) is 1. The Labute approximate surface area is 158 Å². The summed E-state index contributed by atoms with van der Waals surface area (Å²) in [5.41, 5.74) is 0. The zero-order chi connectivity index (χ0) is 17.6. The molecule has 2 saturated heterocycles. The van der Waals surface area contributed by atoms with Crippen molar-refractivity contribution in [1.29, 1.82) is 0 Å². The summed E-state index contributed by atoms with van der Waals surface area (Å²) in [5, 5.41) is 9.97. The molecule has 26 heavy (non-hydrogen) atoms. The molecule has 0 N–H and O–H groups in total. The summed E-state index contributed by atoms with van der Waals surface area (Å²) in [4.78, 5) is 4.82. The first-order valence-electron chi connectivity index (χ1n) is 9.53. The monoisotopic (exact) mass is 377 g/mol. The van der Waals surface area contributed by atoms with Crippen molar-refractivity contribution in [3.05, 3.63) is 24.2 Å². The third-order valence-corrected chi connectivity index (χ3v) is 5.99. The number of nitrogens with zero attached hydrogens (tertiary/aromatic N) is 5. The number of hydrogen-bond acceptors (Lipinski definition) is 7. The number of aromatic nitrogens is 3. The highest BCUT2D eigenvalue weighted by Gasteiger charge is 2.22. The first-order chi connectivity index (χ1) is 12.9. The SMILES string of the molecule is c1coc(Cn2c(SCCCN3CCOCC3)nnc2N2CCCC2)c1. The Morgan fingerprint density at radius 1 is 1.08 bits per heavy atom. The van der Waals surface area contributed by atoms with Gasteiger partial charge in [0.05, 0.1) is 26.0 Å². The summed E-state index contributed by atoms with van der Waals surface area (Å²) < 4.78 is 13.2. The lowest BCUT2D eigenvalue weighted by atomic mass is 10.4. The minimum Gasteiger partial charge on any atom is -0.467 e. The van der Waals surface area contributed by atoms with Crippen LogP contribution in [0.3, 0.4) is 0 Å². The molecule has 0 bridgehead atoms. The number of hydrogen-bond donors (Lipinski definition) is 0. The molecule has 0 unspecified atom stereocenters. The molecule has 0 amide bonds. The number of furan rings is 1. The fourth-order valence-electron chi connectivity index (χ4n) is 3.51. The summed E-state index contributed by atoms with van der Waals surface area (Å²) in [7, 11) is 0. The minimum absolute atomic E-state index is 0.692. The second-order valence-corrected chi connectivity index (χ2v) is 7.86. The van der Waals surface area contributed by atoms with Crippen molar-refractivity contribution in [1.82, 2.24) is 19.7 Å². The van der Waals surface area contributed by atoms with Gasteiger partial charge in [0.1, 0.15) is 5.76 Å². The Hall–Kier alpha value is -1.51. The molecule has 2 aromatic rings. The Balaban J connectivity index is 1.37. The van der Waals surface area contributed by atoms with E-state index in [0.29, 0.717) is 6.54 Å². The Bertz CT molecular complexity index is 663. The second kappa shape index (κ2) is 8.92. The molecule has 0 radical (unpaired) electrons. The van der Waals surface area contributed by atoms with Crippen LogP contribution in [0.15, 0.2) is 28.0 Å². The third kappa shape index (κ3) is 4.42. The zero-order valence-electron chi connectivity index (χ0n) is 15.2. The number of rotatable bonds is 8. The van der Waals surface area contributed by atoms with Crippen LogP contribution in [0.1, 0.15) is 25.0 Å². The van der Waals surface area contributed by atoms with E-state index in [2.05, 4.69) is 24.6 Å². The zero-order valence-corrected chi connectivity index (χ0v) is 16.0. The summed E-state index contributed by atoms with van der Waals surface area (Å²) in [6.07, 6.45) is 5.34. The summed E-state index contributed by atoms with van der Waals surface area (Å²) in [5.74, 6) is 2.98. The van der Waals surface area contributed by atoms with E-state index in [-0.39, 0.29) is 0 Å². The van der Waals surface area contributed by atoms with Gasteiger partial charge in [0.25, 0.3) is 0 Å². The summed E-state index contributed by atoms with van der Waals surface area (Å²) in [6, 6.07) is 3.95. The van der Waals surface area contributed by atoms with Crippen molar-refractivity contribution >= 4 is 17.7 Å². The van der Waals surface area contributed by atoms with E-state index in [0.717, 1.165) is 75.0 Å². The number of thioether (sulfide) groups is 1. The van der Waals surface area contributed by atoms with Crippen LogP contribution in [0, 0.1) is 0 Å². The molecule has 0 aromatic carbocycles. The van der Waals surface area contributed by atoms with Gasteiger partial charge in [0, 0.05) is 31.9 Å². The van der Waals surface area contributed by atoms with Crippen molar-refractivity contribution in [3.8, 4) is 0 Å². The van der Waals surface area contributed by atoms with E-state index < -0.39 is 0 Å². The maximum atomic E-state index is 5.56. The van der Waals surface area contributed by atoms with Crippen molar-refractivity contribution in [2.45, 2.75) is 31.0 Å². The number of morpholine rings is 1. The maximum Gasteiger partial charge on any atom is 0.228 e. The molecular formula is C18H27N5O2S. The lowest BCUT2D eigenvalue weighted by molar-refractivity contribution is 0.0381. The van der Waals surface area contributed by atoms with Gasteiger partial charge in [-0.2, -0.15) is 0 Å². The van der Waals surface area contributed by atoms with Gasteiger partial charge in [-0.25, -0.2) is 0 Å². The Morgan fingerprint density at radius 2 is 1.92 bits per heavy atom. The van der Waals surface area contributed by atoms with Crippen LogP contribution in [0.4, 0.5) is 5.95 Å². The van der Waals surface area contributed by atoms with E-state index in [9.17, 15) is 0 Å². The van der Waals surface area contributed by atoms with Crippen LogP contribution in [0.5, 0.6) is 0 Å². The molecule has 0 aliphatic carbocycles. The van der Waals surface area contributed by atoms with E-state index in [1.165, 1.54) is 12.8 Å². The van der Waals surface area contributed by atoms with Crippen molar-refractivity contribution in [2.75, 3.05) is 56.6 Å². The predicted molar refractivity (Wildman–Crippen MR) is 102 cm³/mol. The standard InChI is InChI=1S/C18H27N5O2S/c1-2-8-22(7-1)17-19-20-18(23(17)15-16-5-3-11-25-16)26-14-4-6-21-9-12-24-13-10-21/h3,5,11H,1-2,4,6-10,12-15H2. The quantitative estimate of drug-likeness (QED) is 0.517. The molecular weight excluding hydrogens is 350 g/mol. The van der Waals surface area contributed by atoms with Crippen molar-refractivity contribution < 1.29 is 9.15 Å². The van der Waals surface area contributed by atoms with Crippen LogP contribution in [0.2, 0.25) is 0 Å². The first kappa shape index (κ1) is 17.9. The van der Waals surface area contributed by atoms with Gasteiger partial charge < -0.3 is 14.1 Å². The summed E-state index contributed by atoms with van der Waals surface area (Å²) in [6.45, 7) is 7.79. The topological polar surface area (TPSA) is 59.6 Å². The minimum atomic E-state index is 0.692. The lowest BCUT2D eigenvalue weighted by Crippen LogP contribution is -2.36. The van der Waals surface area contributed by atoms with Crippen LogP contribution < -0.4 is 4.90 Å². The Morgan fingerprint density at radius 3 is 2.69 bits per heavy atom. The molecule has 2 aliphatic heterocycles. The van der Waals surface area contributed by atoms with Gasteiger partial charge in [-0.3, -0.25) is 9.47 Å². The predicted octanol–water partition coefficient (Wildman–Crippen LogP) is 2.33. The van der Waals surface area contributed by atoms with E-state index >= 15 is 0 Å². The normalized spacial score (nSPS) is 18.7. The van der Waals surface area contributed by atoms with Gasteiger partial charge >= 0.3 is 0 Å². The molecule has 7 nitrogen and oxygen atoms in total. The number of anilines is 1. The highest BCUT2D eigenvalue weighted by molar-refractivity contribution is 7.99. The molecule has 0 atom stereocenters. The van der Waals surface area contributed by atoms with Crippen LogP contribution in [-0.4, -0.2) is 71.4 Å². The van der Waals surface area contributed by atoms with Gasteiger partial charge in [0.15, 0.2) is 5.16 Å². The van der Waals surface area contributed by atoms with Crippen LogP contribution >= 0.6 is 11.8 Å². The van der Waals surface area contributed by atoms with E-state index in [4.69, 9.17) is 9.15 Å². The Kier molecular flexibility index (Phi) is 6.14. The van der Waals surface area contributed by atoms with Gasteiger partial charge in [-0.1, -0.05) is 11.8 Å². The van der Waals surface area contributed by atoms with Crippen LogP contribution in [-0.2, 0) is 11.3 Å². The maximum absolute atomic E-state index is 5.56. The highest BCUT2D eigenvalue weighted by atomic mass is 32.2. The van der Waals surface area contributed by atoms with Crippen LogP contribution in [0.25, 0.3) is 0 Å². The average Bonchev–Trinajstić information content (AvgIpc) is 3.43. The molecule has 4 rings (SSSR count). The molecule has 8 heteroatoms. The molecule has 2 fully saturated rings. The van der Waals surface area contributed by atoms with Crippen molar-refractivity contribution in [2.24, 2.45) is 0 Å². The van der Waals surface area contributed by atoms with E-state index in [1.54, 1.807) is 18.0 Å². The largest absolute Gasteiger partial charge is 0.467 e. The lowest BCUT2D eigenvalue weighted by Gasteiger charge is -2.26. The molecule has 0 saturated carbocycles. The van der Waals surface area contributed by atoms with Gasteiger partial charge in [-0.05, 0) is 37.9 Å². The molecule has 2 aliphatic rings. The smallest absolute Gasteiger partial charge is 0.228 e. The molecule has 0 spiro atoms. The first-order valence-corrected chi connectivity index (χ1v) is 10.5. The fraction of sp³-hybridized carbons (Fsp3) is 0.667. The van der Waals surface area contributed by atoms with Gasteiger partial charge in [0.2, 0.25) is 5.95 Å². The molecule has 2 aromatic heterocycles. The van der Waals surface area contributed by atoms with Gasteiger partial charge in [-0.15, -0.1) is 10.2 Å². The van der Waals surface area contributed by atoms with E-state index in [1.807, 2.05) is 12.1 Å². The molecule has 142 valence electrons. The fourth-order valence-corrected chi connectivity index (χ4v) is 4.37. The highest BCUT2D eigenvalue weighted by Crippen LogP contribution is 2.26.